The maximum Gasteiger partial charge on any atom is 0.253 e. The predicted molar refractivity (Wildman–Crippen MR) is 87.9 cm³/mol. The predicted octanol–water partition coefficient (Wildman–Crippen LogP) is 2.81. The van der Waals surface area contributed by atoms with Gasteiger partial charge in [0.2, 0.25) is 0 Å². The number of aromatic nitrogens is 2. The topological polar surface area (TPSA) is 58.1 Å². The molecule has 0 aliphatic heterocycles. The van der Waals surface area contributed by atoms with Gasteiger partial charge in [0.15, 0.2) is 0 Å². The van der Waals surface area contributed by atoms with Gasteiger partial charge in [-0.25, -0.2) is 4.98 Å². The van der Waals surface area contributed by atoms with Crippen molar-refractivity contribution >= 4 is 11.7 Å². The summed E-state index contributed by atoms with van der Waals surface area (Å²) in [5.41, 5.74) is 1.39. The van der Waals surface area contributed by atoms with Crippen molar-refractivity contribution in [3.05, 3.63) is 54.0 Å². The van der Waals surface area contributed by atoms with E-state index >= 15 is 0 Å². The van der Waals surface area contributed by atoms with Crippen LogP contribution in [0.1, 0.15) is 42.4 Å². The molecule has 5 heteroatoms. The van der Waals surface area contributed by atoms with Gasteiger partial charge in [-0.05, 0) is 37.6 Å². The molecule has 1 amide bonds. The van der Waals surface area contributed by atoms with E-state index in [-0.39, 0.29) is 11.9 Å². The fourth-order valence-electron chi connectivity index (χ4n) is 2.18. The number of hydrogen-bond acceptors (Lipinski definition) is 4. The molecule has 0 aromatic carbocycles. The highest BCUT2D eigenvalue weighted by atomic mass is 16.1. The van der Waals surface area contributed by atoms with Crippen LogP contribution in [-0.2, 0) is 0 Å². The van der Waals surface area contributed by atoms with Gasteiger partial charge >= 0.3 is 0 Å². The van der Waals surface area contributed by atoms with Gasteiger partial charge in [0, 0.05) is 26.0 Å². The molecule has 5 nitrogen and oxygen atoms in total. The van der Waals surface area contributed by atoms with Crippen LogP contribution in [0.4, 0.5) is 5.82 Å². The zero-order chi connectivity index (χ0) is 15.9. The van der Waals surface area contributed by atoms with Crippen LogP contribution in [0.2, 0.25) is 0 Å². The van der Waals surface area contributed by atoms with Crippen molar-refractivity contribution in [3.63, 3.8) is 0 Å². The summed E-state index contributed by atoms with van der Waals surface area (Å²) in [5.74, 6) is 0.728. The lowest BCUT2D eigenvalue weighted by Crippen LogP contribution is -2.27. The Morgan fingerprint density at radius 1 is 1.27 bits per heavy atom. The molecule has 0 saturated heterocycles. The van der Waals surface area contributed by atoms with Crippen LogP contribution in [0.15, 0.2) is 42.7 Å². The van der Waals surface area contributed by atoms with Crippen LogP contribution in [0, 0.1) is 0 Å². The van der Waals surface area contributed by atoms with Crippen molar-refractivity contribution in [2.45, 2.75) is 26.3 Å². The molecule has 2 rings (SSSR count). The van der Waals surface area contributed by atoms with E-state index in [0.717, 1.165) is 24.5 Å². The number of anilines is 1. The summed E-state index contributed by atoms with van der Waals surface area (Å²) in [7, 11) is 1.99. The number of rotatable bonds is 6. The number of carbonyl (C=O) groups excluding carboxylic acids is 1. The Morgan fingerprint density at radius 3 is 2.68 bits per heavy atom. The maximum atomic E-state index is 12.2. The molecular weight excluding hydrogens is 276 g/mol. The van der Waals surface area contributed by atoms with Crippen molar-refractivity contribution < 1.29 is 4.79 Å². The third-order valence-corrected chi connectivity index (χ3v) is 3.44. The minimum absolute atomic E-state index is 0.142. The van der Waals surface area contributed by atoms with Crippen LogP contribution in [0.3, 0.4) is 0 Å². The molecule has 0 aliphatic rings. The highest BCUT2D eigenvalue weighted by Crippen LogP contribution is 2.12. The number of amides is 1. The van der Waals surface area contributed by atoms with Gasteiger partial charge in [-0.15, -0.1) is 0 Å². The largest absolute Gasteiger partial charge is 0.360 e. The Bertz CT molecular complexity index is 598. The second-order valence-corrected chi connectivity index (χ2v) is 5.28. The first-order valence-electron chi connectivity index (χ1n) is 7.50. The average molecular weight is 298 g/mol. The highest BCUT2D eigenvalue weighted by Gasteiger charge is 2.13. The van der Waals surface area contributed by atoms with Crippen molar-refractivity contribution in [2.75, 3.05) is 18.5 Å². The van der Waals surface area contributed by atoms with Gasteiger partial charge in [-0.3, -0.25) is 9.78 Å². The molecule has 2 aromatic rings. The number of pyridine rings is 2. The summed E-state index contributed by atoms with van der Waals surface area (Å²) in [6.45, 7) is 4.98. The van der Waals surface area contributed by atoms with Crippen LogP contribution in [0.5, 0.6) is 0 Å². The molecule has 0 bridgehead atoms. The SMILES string of the molecule is CCCN(C)c1ccc(C(=O)NC(C)c2ccccn2)cn1. The van der Waals surface area contributed by atoms with Crippen molar-refractivity contribution in [2.24, 2.45) is 0 Å². The fraction of sp³-hybridized carbons (Fsp3) is 0.353. The molecule has 0 aliphatic carbocycles. The van der Waals surface area contributed by atoms with Gasteiger partial charge in [0.05, 0.1) is 17.3 Å². The molecule has 2 aromatic heterocycles. The molecule has 116 valence electrons. The number of nitrogens with one attached hydrogen (secondary N) is 1. The molecule has 0 saturated carbocycles. The minimum Gasteiger partial charge on any atom is -0.360 e. The maximum absolute atomic E-state index is 12.2. The average Bonchev–Trinajstić information content (AvgIpc) is 2.56. The molecule has 22 heavy (non-hydrogen) atoms. The van der Waals surface area contributed by atoms with Gasteiger partial charge in [0.1, 0.15) is 5.82 Å². The number of nitrogens with zero attached hydrogens (tertiary/aromatic N) is 3. The molecule has 0 radical (unpaired) electrons. The summed E-state index contributed by atoms with van der Waals surface area (Å²) in [4.78, 5) is 22.9. The van der Waals surface area contributed by atoms with Crippen LogP contribution < -0.4 is 10.2 Å². The summed E-state index contributed by atoms with van der Waals surface area (Å²) in [6, 6.07) is 9.19. The Morgan fingerprint density at radius 2 is 2.09 bits per heavy atom. The minimum atomic E-state index is -0.143. The second-order valence-electron chi connectivity index (χ2n) is 5.28. The number of carbonyl (C=O) groups is 1. The monoisotopic (exact) mass is 298 g/mol. The Hall–Kier alpha value is -2.43. The lowest BCUT2D eigenvalue weighted by Gasteiger charge is -2.17. The first-order valence-corrected chi connectivity index (χ1v) is 7.50. The Kier molecular flexibility index (Phi) is 5.47. The van der Waals surface area contributed by atoms with Crippen molar-refractivity contribution in [3.8, 4) is 0 Å². The molecule has 1 atom stereocenters. The quantitative estimate of drug-likeness (QED) is 0.891. The van der Waals surface area contributed by atoms with E-state index in [9.17, 15) is 4.79 Å². The molecule has 1 unspecified atom stereocenters. The zero-order valence-electron chi connectivity index (χ0n) is 13.3. The van der Waals surface area contributed by atoms with Gasteiger partial charge in [0.25, 0.3) is 5.91 Å². The molecule has 0 fully saturated rings. The van der Waals surface area contributed by atoms with Gasteiger partial charge in [-0.1, -0.05) is 13.0 Å². The van der Waals surface area contributed by atoms with E-state index in [1.165, 1.54) is 0 Å². The molecule has 0 spiro atoms. The number of hydrogen-bond donors (Lipinski definition) is 1. The first kappa shape index (κ1) is 15.9. The van der Waals surface area contributed by atoms with Crippen LogP contribution in [-0.4, -0.2) is 29.5 Å². The summed E-state index contributed by atoms with van der Waals surface area (Å²) in [5, 5.41) is 2.93. The molecule has 2 heterocycles. The van der Waals surface area contributed by atoms with Gasteiger partial charge < -0.3 is 10.2 Å². The smallest absolute Gasteiger partial charge is 0.253 e. The lowest BCUT2D eigenvalue weighted by molar-refractivity contribution is 0.0939. The van der Waals surface area contributed by atoms with E-state index in [2.05, 4.69) is 27.1 Å². The highest BCUT2D eigenvalue weighted by molar-refractivity contribution is 5.94. The normalized spacial score (nSPS) is 11.8. The lowest BCUT2D eigenvalue weighted by atomic mass is 10.2. The third-order valence-electron chi connectivity index (χ3n) is 3.44. The van der Waals surface area contributed by atoms with Crippen molar-refractivity contribution in [1.29, 1.82) is 0 Å². The second kappa shape index (κ2) is 7.54. The first-order chi connectivity index (χ1) is 10.6. The van der Waals surface area contributed by atoms with E-state index in [1.807, 2.05) is 38.2 Å². The molecular formula is C17H22N4O. The Balaban J connectivity index is 2.01. The van der Waals surface area contributed by atoms with E-state index in [0.29, 0.717) is 5.56 Å². The third kappa shape index (κ3) is 4.04. The molecule has 1 N–H and O–H groups in total. The van der Waals surface area contributed by atoms with E-state index < -0.39 is 0 Å². The Labute approximate surface area is 131 Å². The van der Waals surface area contributed by atoms with Gasteiger partial charge in [-0.2, -0.15) is 0 Å². The van der Waals surface area contributed by atoms with Crippen LogP contribution >= 0.6 is 0 Å². The fourth-order valence-corrected chi connectivity index (χ4v) is 2.18. The zero-order valence-corrected chi connectivity index (χ0v) is 13.3. The van der Waals surface area contributed by atoms with Crippen LogP contribution in [0.25, 0.3) is 0 Å². The summed E-state index contributed by atoms with van der Waals surface area (Å²) < 4.78 is 0. The summed E-state index contributed by atoms with van der Waals surface area (Å²) >= 11 is 0. The summed E-state index contributed by atoms with van der Waals surface area (Å²) in [6.07, 6.45) is 4.39. The van der Waals surface area contributed by atoms with E-state index in [1.54, 1.807) is 18.5 Å². The van der Waals surface area contributed by atoms with Crippen molar-refractivity contribution in [1.82, 2.24) is 15.3 Å². The van der Waals surface area contributed by atoms with E-state index in [4.69, 9.17) is 0 Å². The standard InChI is InChI=1S/C17H22N4O/c1-4-11-21(3)16-9-8-14(12-19-16)17(22)20-13(2)15-7-5-6-10-18-15/h5-10,12-13H,4,11H2,1-3H3,(H,20,22).